The van der Waals surface area contributed by atoms with Crippen LogP contribution in [0.1, 0.15) is 5.56 Å². The molecule has 3 aromatic rings. The molecule has 8 nitrogen and oxygen atoms in total. The number of aryl methyl sites for hydroxylation is 1. The molecule has 4 rings (SSSR count). The van der Waals surface area contributed by atoms with E-state index in [-0.39, 0.29) is 5.91 Å². The molecule has 0 aliphatic carbocycles. The van der Waals surface area contributed by atoms with Crippen molar-refractivity contribution in [2.45, 2.75) is 6.92 Å². The van der Waals surface area contributed by atoms with Crippen molar-refractivity contribution < 1.29 is 9.21 Å². The molecule has 1 amide bonds. The summed E-state index contributed by atoms with van der Waals surface area (Å²) >= 11 is 0. The number of hydrogen-bond acceptors (Lipinski definition) is 7. The average molecular weight is 393 g/mol. The summed E-state index contributed by atoms with van der Waals surface area (Å²) in [5.41, 5.74) is 7.29. The molecular formula is C21H23N5O3. The minimum Gasteiger partial charge on any atom is -0.423 e. The number of amides is 1. The van der Waals surface area contributed by atoms with E-state index in [2.05, 4.69) is 20.1 Å². The Hall–Kier alpha value is -3.39. The van der Waals surface area contributed by atoms with E-state index >= 15 is 0 Å². The van der Waals surface area contributed by atoms with Crippen LogP contribution in [0.15, 0.2) is 51.7 Å². The molecule has 1 saturated heterocycles. The molecule has 3 N–H and O–H groups in total. The molecule has 1 aliphatic rings. The highest BCUT2D eigenvalue weighted by Gasteiger charge is 2.20. The zero-order valence-electron chi connectivity index (χ0n) is 16.2. The Labute approximate surface area is 167 Å². The molecule has 1 aromatic carbocycles. The van der Waals surface area contributed by atoms with Gasteiger partial charge in [0.25, 0.3) is 0 Å². The smallest absolute Gasteiger partial charge is 0.336 e. The lowest BCUT2D eigenvalue weighted by Crippen LogP contribution is -2.48. The first kappa shape index (κ1) is 18.9. The summed E-state index contributed by atoms with van der Waals surface area (Å²) in [6.07, 6.45) is 0. The molecule has 8 heteroatoms. The van der Waals surface area contributed by atoms with Crippen LogP contribution in [-0.2, 0) is 4.79 Å². The Morgan fingerprint density at radius 2 is 1.97 bits per heavy atom. The lowest BCUT2D eigenvalue weighted by atomic mass is 10.1. The van der Waals surface area contributed by atoms with E-state index < -0.39 is 5.63 Å². The Morgan fingerprint density at radius 3 is 2.72 bits per heavy atom. The normalized spacial score (nSPS) is 14.9. The van der Waals surface area contributed by atoms with Gasteiger partial charge in [0.15, 0.2) is 0 Å². The summed E-state index contributed by atoms with van der Waals surface area (Å²) in [5.74, 6) is 1.27. The number of carbonyl (C=O) groups is 1. The number of anilines is 3. The predicted octanol–water partition coefficient (Wildman–Crippen LogP) is 1.84. The Balaban J connectivity index is 1.35. The summed E-state index contributed by atoms with van der Waals surface area (Å²) in [7, 11) is 0. The van der Waals surface area contributed by atoms with E-state index in [1.54, 1.807) is 12.1 Å². The van der Waals surface area contributed by atoms with Gasteiger partial charge in [-0.3, -0.25) is 9.69 Å². The fourth-order valence-corrected chi connectivity index (χ4v) is 3.56. The van der Waals surface area contributed by atoms with Gasteiger partial charge in [-0.2, -0.15) is 0 Å². The zero-order chi connectivity index (χ0) is 20.4. The Bertz CT molecular complexity index is 1100. The maximum absolute atomic E-state index is 12.5. The number of nitrogens with two attached hydrogens (primary N) is 1. The van der Waals surface area contributed by atoms with Gasteiger partial charge in [-0.1, -0.05) is 6.07 Å². The van der Waals surface area contributed by atoms with Crippen LogP contribution in [0.2, 0.25) is 0 Å². The van der Waals surface area contributed by atoms with Gasteiger partial charge in [-0.15, -0.1) is 0 Å². The predicted molar refractivity (Wildman–Crippen MR) is 113 cm³/mol. The van der Waals surface area contributed by atoms with Gasteiger partial charge in [0.2, 0.25) is 5.91 Å². The lowest BCUT2D eigenvalue weighted by molar-refractivity contribution is -0.117. The van der Waals surface area contributed by atoms with E-state index in [4.69, 9.17) is 10.2 Å². The highest BCUT2D eigenvalue weighted by atomic mass is 16.4. The van der Waals surface area contributed by atoms with Crippen LogP contribution in [0.5, 0.6) is 0 Å². The Kier molecular flexibility index (Phi) is 5.18. The fraction of sp³-hybridized carbons (Fsp3) is 0.286. The molecular weight excluding hydrogens is 370 g/mol. The van der Waals surface area contributed by atoms with Gasteiger partial charge >= 0.3 is 5.63 Å². The molecule has 0 atom stereocenters. The van der Waals surface area contributed by atoms with Crippen LogP contribution in [-0.4, -0.2) is 48.5 Å². The summed E-state index contributed by atoms with van der Waals surface area (Å²) in [4.78, 5) is 32.6. The standard InChI is InChI=1S/C21H23N5O3/c1-14-11-21(28)29-17-12-15(5-6-16(14)17)23-20(27)13-25-7-9-26(10-8-25)19-4-2-3-18(22)24-19/h2-6,11-12H,7-10,13H2,1H3,(H2,22,24)(H,23,27). The lowest BCUT2D eigenvalue weighted by Gasteiger charge is -2.35. The number of fused-ring (bicyclic) bond motifs is 1. The molecule has 150 valence electrons. The van der Waals surface area contributed by atoms with Gasteiger partial charge in [0, 0.05) is 49.4 Å². The number of benzene rings is 1. The number of hydrogen-bond donors (Lipinski definition) is 2. The largest absolute Gasteiger partial charge is 0.423 e. The number of pyridine rings is 1. The SMILES string of the molecule is Cc1cc(=O)oc2cc(NC(=O)CN3CCN(c4cccc(N)n4)CC3)ccc12. The molecule has 1 aliphatic heterocycles. The van der Waals surface area contributed by atoms with Gasteiger partial charge < -0.3 is 20.4 Å². The van der Waals surface area contributed by atoms with Crippen molar-refractivity contribution >= 4 is 34.2 Å². The number of nitrogens with one attached hydrogen (secondary N) is 1. The van der Waals surface area contributed by atoms with Crippen LogP contribution in [0.3, 0.4) is 0 Å². The maximum atomic E-state index is 12.5. The van der Waals surface area contributed by atoms with Gasteiger partial charge in [0.1, 0.15) is 17.2 Å². The summed E-state index contributed by atoms with van der Waals surface area (Å²) in [6.45, 7) is 5.24. The van der Waals surface area contributed by atoms with E-state index in [0.29, 0.717) is 23.6 Å². The van der Waals surface area contributed by atoms with E-state index in [9.17, 15) is 9.59 Å². The minimum absolute atomic E-state index is 0.102. The quantitative estimate of drug-likeness (QED) is 0.652. The third kappa shape index (κ3) is 4.38. The molecule has 0 spiro atoms. The van der Waals surface area contributed by atoms with Crippen molar-refractivity contribution in [3.05, 3.63) is 58.4 Å². The van der Waals surface area contributed by atoms with Gasteiger partial charge in [-0.05, 0) is 36.8 Å². The van der Waals surface area contributed by atoms with Crippen LogP contribution in [0.4, 0.5) is 17.3 Å². The van der Waals surface area contributed by atoms with Crippen LogP contribution in [0, 0.1) is 6.92 Å². The van der Waals surface area contributed by atoms with Crippen molar-refractivity contribution in [3.63, 3.8) is 0 Å². The van der Waals surface area contributed by atoms with E-state index in [1.165, 1.54) is 6.07 Å². The number of nitrogens with zero attached hydrogens (tertiary/aromatic N) is 3. The number of aromatic nitrogens is 1. The molecule has 1 fully saturated rings. The third-order valence-electron chi connectivity index (χ3n) is 5.05. The van der Waals surface area contributed by atoms with Crippen LogP contribution in [0.25, 0.3) is 11.0 Å². The first-order valence-electron chi connectivity index (χ1n) is 9.52. The molecule has 3 heterocycles. The van der Waals surface area contributed by atoms with Crippen molar-refractivity contribution in [2.24, 2.45) is 0 Å². The molecule has 29 heavy (non-hydrogen) atoms. The molecule has 0 saturated carbocycles. The summed E-state index contributed by atoms with van der Waals surface area (Å²) in [5, 5.41) is 3.74. The van der Waals surface area contributed by atoms with Crippen molar-refractivity contribution in [1.82, 2.24) is 9.88 Å². The fourth-order valence-electron chi connectivity index (χ4n) is 3.56. The molecule has 2 aromatic heterocycles. The highest BCUT2D eigenvalue weighted by Crippen LogP contribution is 2.21. The minimum atomic E-state index is -0.397. The second-order valence-electron chi connectivity index (χ2n) is 7.19. The van der Waals surface area contributed by atoms with Gasteiger partial charge in [-0.25, -0.2) is 9.78 Å². The highest BCUT2D eigenvalue weighted by molar-refractivity contribution is 5.94. The molecule has 0 unspecified atom stereocenters. The summed E-state index contributed by atoms with van der Waals surface area (Å²) < 4.78 is 5.24. The van der Waals surface area contributed by atoms with E-state index in [1.807, 2.05) is 31.2 Å². The topological polar surface area (TPSA) is 105 Å². The third-order valence-corrected chi connectivity index (χ3v) is 5.05. The maximum Gasteiger partial charge on any atom is 0.336 e. The van der Waals surface area contributed by atoms with Crippen molar-refractivity contribution in [2.75, 3.05) is 48.7 Å². The Morgan fingerprint density at radius 1 is 1.17 bits per heavy atom. The van der Waals surface area contributed by atoms with E-state index in [0.717, 1.165) is 42.9 Å². The van der Waals surface area contributed by atoms with Gasteiger partial charge in [0.05, 0.1) is 6.54 Å². The number of rotatable bonds is 4. The first-order chi connectivity index (χ1) is 14.0. The van der Waals surface area contributed by atoms with Crippen LogP contribution < -0.4 is 21.6 Å². The number of carbonyl (C=O) groups excluding carboxylic acids is 1. The monoisotopic (exact) mass is 393 g/mol. The number of nitrogen functional groups attached to an aromatic ring is 1. The van der Waals surface area contributed by atoms with Crippen molar-refractivity contribution in [1.29, 1.82) is 0 Å². The second-order valence-corrected chi connectivity index (χ2v) is 7.19. The second kappa shape index (κ2) is 7.92. The zero-order valence-corrected chi connectivity index (χ0v) is 16.2. The average Bonchev–Trinajstić information content (AvgIpc) is 2.68. The van der Waals surface area contributed by atoms with Crippen molar-refractivity contribution in [3.8, 4) is 0 Å². The molecule has 0 radical (unpaired) electrons. The first-order valence-corrected chi connectivity index (χ1v) is 9.52. The summed E-state index contributed by atoms with van der Waals surface area (Å²) in [6, 6.07) is 12.4. The number of piperazine rings is 1. The molecule has 0 bridgehead atoms. The van der Waals surface area contributed by atoms with Crippen LogP contribution >= 0.6 is 0 Å².